The van der Waals surface area contributed by atoms with Gasteiger partial charge in [0.25, 0.3) is 0 Å². The van der Waals surface area contributed by atoms with E-state index in [-0.39, 0.29) is 11.5 Å². The summed E-state index contributed by atoms with van der Waals surface area (Å²) in [5.41, 5.74) is 5.27. The first-order chi connectivity index (χ1) is 13.1. The Balaban J connectivity index is 1.49. The molecular formula is C25H30O2. The van der Waals surface area contributed by atoms with E-state index in [9.17, 15) is 10.2 Å². The molecule has 0 aromatic heterocycles. The maximum Gasteiger partial charge on any atom is 0.119 e. The van der Waals surface area contributed by atoms with Crippen LogP contribution in [-0.2, 0) is 12.8 Å². The maximum absolute atomic E-state index is 10.6. The topological polar surface area (TPSA) is 40.5 Å². The van der Waals surface area contributed by atoms with Gasteiger partial charge in [-0.1, -0.05) is 43.3 Å². The third-order valence-corrected chi connectivity index (χ3v) is 8.11. The Morgan fingerprint density at radius 1 is 1.04 bits per heavy atom. The van der Waals surface area contributed by atoms with Gasteiger partial charge in [0.2, 0.25) is 0 Å². The number of aromatic hydroxyl groups is 1. The predicted molar refractivity (Wildman–Crippen MR) is 108 cm³/mol. The highest BCUT2D eigenvalue weighted by atomic mass is 16.3. The second-order valence-electron chi connectivity index (χ2n) is 9.40. The molecule has 2 heteroatoms. The van der Waals surface area contributed by atoms with Gasteiger partial charge in [-0.05, 0) is 90.0 Å². The number of rotatable bonds is 2. The van der Waals surface area contributed by atoms with Crippen molar-refractivity contribution in [2.45, 2.75) is 63.9 Å². The first-order valence-corrected chi connectivity index (χ1v) is 10.6. The SMILES string of the molecule is CC12CC[C@@H]3c4cc(Cc5ccccc5)c(O)cc4CC[C@@H]3[C@@H]1CCC2O. The highest BCUT2D eigenvalue weighted by molar-refractivity contribution is 5.47. The van der Waals surface area contributed by atoms with Gasteiger partial charge in [-0.2, -0.15) is 0 Å². The molecule has 2 N–H and O–H groups in total. The number of hydrogen-bond donors (Lipinski definition) is 2. The van der Waals surface area contributed by atoms with E-state index in [1.165, 1.54) is 36.0 Å². The molecule has 2 fully saturated rings. The van der Waals surface area contributed by atoms with E-state index >= 15 is 0 Å². The quantitative estimate of drug-likeness (QED) is 0.771. The molecule has 3 aliphatic carbocycles. The minimum Gasteiger partial charge on any atom is -0.508 e. The van der Waals surface area contributed by atoms with Gasteiger partial charge in [-0.15, -0.1) is 0 Å². The Bertz CT molecular complexity index is 843. The minimum absolute atomic E-state index is 0.113. The first kappa shape index (κ1) is 17.3. The van der Waals surface area contributed by atoms with E-state index in [4.69, 9.17) is 0 Å². The third-order valence-electron chi connectivity index (χ3n) is 8.11. The van der Waals surface area contributed by atoms with Crippen LogP contribution in [0.1, 0.15) is 67.2 Å². The molecule has 2 saturated carbocycles. The molecule has 0 amide bonds. The van der Waals surface area contributed by atoms with Crippen molar-refractivity contribution in [1.29, 1.82) is 0 Å². The minimum atomic E-state index is -0.113. The van der Waals surface area contributed by atoms with Crippen LogP contribution in [0.4, 0.5) is 0 Å². The molecule has 0 heterocycles. The molecule has 2 nitrogen and oxygen atoms in total. The van der Waals surface area contributed by atoms with Gasteiger partial charge in [0.1, 0.15) is 5.75 Å². The standard InChI is InChI=1S/C25H30O2/c1-25-12-11-19-20(22(25)9-10-24(25)27)8-7-17-15-23(26)18(14-21(17)19)13-16-5-3-2-4-6-16/h2-6,14-15,19-20,22,24,26-27H,7-13H2,1H3/t19-,20-,22-,24?,25?/m0/s1. The number of aryl methyl sites for hydroxylation is 1. The molecular weight excluding hydrogens is 332 g/mol. The molecule has 0 aliphatic heterocycles. The molecule has 3 aliphatic rings. The van der Waals surface area contributed by atoms with Crippen LogP contribution in [-0.4, -0.2) is 16.3 Å². The van der Waals surface area contributed by atoms with Gasteiger partial charge in [0.05, 0.1) is 6.10 Å². The van der Waals surface area contributed by atoms with Crippen molar-refractivity contribution >= 4 is 0 Å². The predicted octanol–water partition coefficient (Wildman–Crippen LogP) is 5.20. The third kappa shape index (κ3) is 2.72. The van der Waals surface area contributed by atoms with Gasteiger partial charge in [-0.3, -0.25) is 0 Å². The van der Waals surface area contributed by atoms with Crippen LogP contribution in [0.2, 0.25) is 0 Å². The summed E-state index contributed by atoms with van der Waals surface area (Å²) in [5, 5.41) is 21.2. The lowest BCUT2D eigenvalue weighted by molar-refractivity contribution is -0.0226. The summed E-state index contributed by atoms with van der Waals surface area (Å²) in [4.78, 5) is 0. The molecule has 27 heavy (non-hydrogen) atoms. The van der Waals surface area contributed by atoms with E-state index in [2.05, 4.69) is 37.3 Å². The van der Waals surface area contributed by atoms with Gasteiger partial charge < -0.3 is 10.2 Å². The fourth-order valence-corrected chi connectivity index (χ4v) is 6.59. The molecule has 5 rings (SSSR count). The van der Waals surface area contributed by atoms with Crippen molar-refractivity contribution in [3.8, 4) is 5.75 Å². The van der Waals surface area contributed by atoms with Crippen LogP contribution in [0.25, 0.3) is 0 Å². The van der Waals surface area contributed by atoms with Crippen molar-refractivity contribution in [3.63, 3.8) is 0 Å². The van der Waals surface area contributed by atoms with E-state index in [1.54, 1.807) is 0 Å². The van der Waals surface area contributed by atoms with Gasteiger partial charge in [0.15, 0.2) is 0 Å². The molecule has 2 unspecified atom stereocenters. The lowest BCUT2D eigenvalue weighted by Crippen LogP contribution is -2.43. The second-order valence-corrected chi connectivity index (χ2v) is 9.40. The van der Waals surface area contributed by atoms with E-state index in [1.807, 2.05) is 12.1 Å². The highest BCUT2D eigenvalue weighted by Gasteiger charge is 2.54. The zero-order valence-corrected chi connectivity index (χ0v) is 16.2. The van der Waals surface area contributed by atoms with Crippen LogP contribution in [0, 0.1) is 17.3 Å². The maximum atomic E-state index is 10.6. The second kappa shape index (κ2) is 6.38. The van der Waals surface area contributed by atoms with Crippen LogP contribution in [0.3, 0.4) is 0 Å². The lowest BCUT2D eigenvalue weighted by Gasteiger charge is -2.50. The summed E-state index contributed by atoms with van der Waals surface area (Å²) in [7, 11) is 0. The van der Waals surface area contributed by atoms with Crippen molar-refractivity contribution in [2.24, 2.45) is 17.3 Å². The van der Waals surface area contributed by atoms with Crippen LogP contribution < -0.4 is 0 Å². The lowest BCUT2D eigenvalue weighted by atomic mass is 9.55. The molecule has 0 bridgehead atoms. The summed E-state index contributed by atoms with van der Waals surface area (Å²) >= 11 is 0. The Hall–Kier alpha value is -1.80. The molecule has 0 spiro atoms. The molecule has 142 valence electrons. The normalized spacial score (nSPS) is 34.6. The number of aliphatic hydroxyl groups is 1. The molecule has 5 atom stereocenters. The fourth-order valence-electron chi connectivity index (χ4n) is 6.59. The molecule has 0 saturated heterocycles. The number of benzene rings is 2. The highest BCUT2D eigenvalue weighted by Crippen LogP contribution is 2.61. The first-order valence-electron chi connectivity index (χ1n) is 10.6. The Kier molecular flexibility index (Phi) is 4.09. The van der Waals surface area contributed by atoms with Crippen LogP contribution in [0.5, 0.6) is 5.75 Å². The number of phenolic OH excluding ortho intramolecular Hbond substituents is 1. The van der Waals surface area contributed by atoms with Crippen LogP contribution >= 0.6 is 0 Å². The average Bonchev–Trinajstić information content (AvgIpc) is 2.98. The summed E-state index contributed by atoms with van der Waals surface area (Å²) in [6, 6.07) is 14.8. The summed E-state index contributed by atoms with van der Waals surface area (Å²) in [6.07, 6.45) is 7.43. The van der Waals surface area contributed by atoms with Gasteiger partial charge >= 0.3 is 0 Å². The molecule has 0 radical (unpaired) electrons. The number of fused-ring (bicyclic) bond motifs is 5. The largest absolute Gasteiger partial charge is 0.508 e. The Morgan fingerprint density at radius 3 is 2.67 bits per heavy atom. The zero-order valence-electron chi connectivity index (χ0n) is 16.2. The number of phenols is 1. The van der Waals surface area contributed by atoms with Crippen molar-refractivity contribution in [3.05, 3.63) is 64.7 Å². The summed E-state index contributed by atoms with van der Waals surface area (Å²) in [5.74, 6) is 2.41. The zero-order chi connectivity index (χ0) is 18.6. The Morgan fingerprint density at radius 2 is 1.85 bits per heavy atom. The van der Waals surface area contributed by atoms with Gasteiger partial charge in [0, 0.05) is 6.42 Å². The van der Waals surface area contributed by atoms with E-state index < -0.39 is 0 Å². The van der Waals surface area contributed by atoms with Crippen molar-refractivity contribution in [1.82, 2.24) is 0 Å². The van der Waals surface area contributed by atoms with E-state index in [0.29, 0.717) is 23.5 Å². The van der Waals surface area contributed by atoms with Crippen molar-refractivity contribution < 1.29 is 10.2 Å². The molecule has 2 aromatic carbocycles. The number of hydrogen-bond acceptors (Lipinski definition) is 2. The summed E-state index contributed by atoms with van der Waals surface area (Å²) < 4.78 is 0. The smallest absolute Gasteiger partial charge is 0.119 e. The Labute approximate surface area is 162 Å². The summed E-state index contributed by atoms with van der Waals surface area (Å²) in [6.45, 7) is 2.33. The average molecular weight is 363 g/mol. The molecule has 2 aromatic rings. The monoisotopic (exact) mass is 362 g/mol. The van der Waals surface area contributed by atoms with Crippen molar-refractivity contribution in [2.75, 3.05) is 0 Å². The van der Waals surface area contributed by atoms with Crippen LogP contribution in [0.15, 0.2) is 42.5 Å². The van der Waals surface area contributed by atoms with E-state index in [0.717, 1.165) is 31.2 Å². The van der Waals surface area contributed by atoms with Gasteiger partial charge in [-0.25, -0.2) is 0 Å². The fraction of sp³-hybridized carbons (Fsp3) is 0.520. The number of aliphatic hydroxyl groups excluding tert-OH is 1.